The normalized spacial score (nSPS) is 15.2. The van der Waals surface area contributed by atoms with Crippen LogP contribution in [0.15, 0.2) is 66.9 Å². The van der Waals surface area contributed by atoms with Crippen LogP contribution in [0.1, 0.15) is 17.5 Å². The summed E-state index contributed by atoms with van der Waals surface area (Å²) >= 11 is 0. The first kappa shape index (κ1) is 23.1. The predicted octanol–water partition coefficient (Wildman–Crippen LogP) is 3.35. The summed E-state index contributed by atoms with van der Waals surface area (Å²) in [5.74, 6) is 0.899. The average molecular weight is 462 g/mol. The van der Waals surface area contributed by atoms with Crippen LogP contribution in [0, 0.1) is 5.92 Å². The number of nitrogens with zero attached hydrogens (tertiary/aromatic N) is 2. The molecule has 34 heavy (non-hydrogen) atoms. The van der Waals surface area contributed by atoms with E-state index in [4.69, 9.17) is 14.2 Å². The van der Waals surface area contributed by atoms with Crippen molar-refractivity contribution in [2.24, 2.45) is 5.92 Å². The van der Waals surface area contributed by atoms with E-state index in [2.05, 4.69) is 10.3 Å². The molecule has 2 aromatic carbocycles. The monoisotopic (exact) mass is 461 g/mol. The fraction of sp³-hybridized carbons (Fsp3) is 0.269. The molecule has 1 aliphatic rings. The number of carbonyl (C=O) groups is 2. The molecule has 0 spiro atoms. The molecule has 8 nitrogen and oxygen atoms in total. The highest BCUT2D eigenvalue weighted by Crippen LogP contribution is 2.34. The summed E-state index contributed by atoms with van der Waals surface area (Å²) in [6, 6.07) is 18.7. The second-order valence-electron chi connectivity index (χ2n) is 7.94. The highest BCUT2D eigenvalue weighted by Gasteiger charge is 2.35. The molecule has 2 heterocycles. The van der Waals surface area contributed by atoms with E-state index in [9.17, 15) is 9.59 Å². The number of carbonyl (C=O) groups excluding carboxylic acids is 2. The summed E-state index contributed by atoms with van der Waals surface area (Å²) in [5, 5.41) is 2.93. The summed E-state index contributed by atoms with van der Waals surface area (Å²) in [6.07, 6.45) is 1.81. The first-order valence-corrected chi connectivity index (χ1v) is 11.0. The van der Waals surface area contributed by atoms with E-state index >= 15 is 0 Å². The molecule has 0 bridgehead atoms. The molecule has 1 aliphatic heterocycles. The number of hydrogen-bond donors (Lipinski definition) is 1. The Morgan fingerprint density at radius 3 is 2.59 bits per heavy atom. The van der Waals surface area contributed by atoms with Crippen LogP contribution in [0.4, 0.5) is 5.69 Å². The van der Waals surface area contributed by atoms with E-state index in [1.807, 2.05) is 36.4 Å². The van der Waals surface area contributed by atoms with Gasteiger partial charge < -0.3 is 24.4 Å². The number of amides is 2. The molecule has 0 saturated carbocycles. The van der Waals surface area contributed by atoms with Gasteiger partial charge in [0.15, 0.2) is 11.5 Å². The second-order valence-corrected chi connectivity index (χ2v) is 7.94. The Balaban J connectivity index is 1.33. The van der Waals surface area contributed by atoms with E-state index in [-0.39, 0.29) is 18.2 Å². The van der Waals surface area contributed by atoms with Crippen LogP contribution in [0.3, 0.4) is 0 Å². The molecule has 8 heteroatoms. The van der Waals surface area contributed by atoms with Crippen molar-refractivity contribution in [2.45, 2.75) is 19.6 Å². The van der Waals surface area contributed by atoms with Crippen molar-refractivity contribution in [1.82, 2.24) is 10.3 Å². The number of ether oxygens (including phenoxy) is 3. The third-order valence-corrected chi connectivity index (χ3v) is 5.67. The van der Waals surface area contributed by atoms with Crippen molar-refractivity contribution in [3.63, 3.8) is 0 Å². The zero-order chi connectivity index (χ0) is 23.9. The fourth-order valence-corrected chi connectivity index (χ4v) is 3.83. The van der Waals surface area contributed by atoms with Gasteiger partial charge in [-0.3, -0.25) is 9.59 Å². The van der Waals surface area contributed by atoms with Crippen molar-refractivity contribution < 1.29 is 23.8 Å². The predicted molar refractivity (Wildman–Crippen MR) is 127 cm³/mol. The van der Waals surface area contributed by atoms with Gasteiger partial charge >= 0.3 is 0 Å². The van der Waals surface area contributed by atoms with Crippen LogP contribution >= 0.6 is 0 Å². The lowest BCUT2D eigenvalue weighted by atomic mass is 10.1. The van der Waals surface area contributed by atoms with Gasteiger partial charge in [-0.05, 0) is 29.3 Å². The molecule has 1 aromatic heterocycles. The standard InChI is InChI=1S/C26H27N3O5/c1-32-22-9-8-21(14-23(22)33-2)29-16-20(13-25(29)30)26(31)28-15-19-10-11-27-24(12-19)34-17-18-6-4-3-5-7-18/h3-12,14,20H,13,15-17H2,1-2H3,(H,28,31). The largest absolute Gasteiger partial charge is 0.493 e. The zero-order valence-electron chi connectivity index (χ0n) is 19.2. The number of anilines is 1. The van der Waals surface area contributed by atoms with Crippen LogP contribution in [-0.2, 0) is 22.7 Å². The van der Waals surface area contributed by atoms with E-state index < -0.39 is 5.92 Å². The van der Waals surface area contributed by atoms with Gasteiger partial charge in [-0.2, -0.15) is 0 Å². The molecule has 0 aliphatic carbocycles. The van der Waals surface area contributed by atoms with Gasteiger partial charge in [0.1, 0.15) is 6.61 Å². The molecule has 1 N–H and O–H groups in total. The number of nitrogens with one attached hydrogen (secondary N) is 1. The average Bonchev–Trinajstić information content (AvgIpc) is 3.28. The van der Waals surface area contributed by atoms with Crippen molar-refractivity contribution in [2.75, 3.05) is 25.7 Å². The SMILES string of the molecule is COc1ccc(N2CC(C(=O)NCc3ccnc(OCc4ccccc4)c3)CC2=O)cc1OC. The summed E-state index contributed by atoms with van der Waals surface area (Å²) in [7, 11) is 3.10. The van der Waals surface area contributed by atoms with Crippen molar-refractivity contribution in [3.8, 4) is 17.4 Å². The van der Waals surface area contributed by atoms with E-state index in [1.54, 1.807) is 49.6 Å². The molecule has 1 fully saturated rings. The highest BCUT2D eigenvalue weighted by molar-refractivity contribution is 6.00. The van der Waals surface area contributed by atoms with Gasteiger partial charge in [0.2, 0.25) is 17.7 Å². The Kier molecular flexibility index (Phi) is 7.27. The smallest absolute Gasteiger partial charge is 0.227 e. The molecule has 3 aromatic rings. The Morgan fingerprint density at radius 1 is 1.03 bits per heavy atom. The zero-order valence-corrected chi connectivity index (χ0v) is 19.2. The number of pyridine rings is 1. The first-order valence-electron chi connectivity index (χ1n) is 11.0. The topological polar surface area (TPSA) is 90.0 Å². The quantitative estimate of drug-likeness (QED) is 0.526. The van der Waals surface area contributed by atoms with Gasteiger partial charge in [-0.1, -0.05) is 30.3 Å². The van der Waals surface area contributed by atoms with E-state index in [0.29, 0.717) is 42.8 Å². The minimum atomic E-state index is -0.434. The number of rotatable bonds is 9. The van der Waals surface area contributed by atoms with Crippen molar-refractivity contribution in [3.05, 3.63) is 78.0 Å². The molecule has 4 rings (SSSR count). The Hall–Kier alpha value is -4.07. The van der Waals surface area contributed by atoms with Gasteiger partial charge in [0.05, 0.1) is 20.1 Å². The van der Waals surface area contributed by atoms with Crippen molar-refractivity contribution in [1.29, 1.82) is 0 Å². The number of benzene rings is 2. The third-order valence-electron chi connectivity index (χ3n) is 5.67. The summed E-state index contributed by atoms with van der Waals surface area (Å²) in [5.41, 5.74) is 2.59. The van der Waals surface area contributed by atoms with Gasteiger partial charge in [0, 0.05) is 43.5 Å². The van der Waals surface area contributed by atoms with E-state index in [1.165, 1.54) is 0 Å². The summed E-state index contributed by atoms with van der Waals surface area (Å²) in [6.45, 7) is 1.05. The number of methoxy groups -OCH3 is 2. The summed E-state index contributed by atoms with van der Waals surface area (Å²) < 4.78 is 16.3. The Labute approximate surface area is 198 Å². The van der Waals surface area contributed by atoms with Crippen molar-refractivity contribution >= 4 is 17.5 Å². The fourth-order valence-electron chi connectivity index (χ4n) is 3.83. The molecule has 0 radical (unpaired) electrons. The van der Waals surface area contributed by atoms with Crippen LogP contribution in [0.25, 0.3) is 0 Å². The highest BCUT2D eigenvalue weighted by atomic mass is 16.5. The Morgan fingerprint density at radius 2 is 1.82 bits per heavy atom. The van der Waals surface area contributed by atoms with E-state index in [0.717, 1.165) is 11.1 Å². The van der Waals surface area contributed by atoms with Gasteiger partial charge in [-0.25, -0.2) is 4.98 Å². The van der Waals surface area contributed by atoms with Crippen LogP contribution in [0.5, 0.6) is 17.4 Å². The lowest BCUT2D eigenvalue weighted by Crippen LogP contribution is -2.32. The van der Waals surface area contributed by atoms with Gasteiger partial charge in [0.25, 0.3) is 0 Å². The third kappa shape index (κ3) is 5.46. The van der Waals surface area contributed by atoms with Crippen LogP contribution in [0.2, 0.25) is 0 Å². The van der Waals surface area contributed by atoms with Crippen LogP contribution in [-0.4, -0.2) is 37.6 Å². The number of aromatic nitrogens is 1. The summed E-state index contributed by atoms with van der Waals surface area (Å²) in [4.78, 5) is 31.2. The maximum absolute atomic E-state index is 12.8. The molecule has 1 atom stereocenters. The first-order chi connectivity index (χ1) is 16.6. The van der Waals surface area contributed by atoms with Crippen LogP contribution < -0.4 is 24.4 Å². The maximum Gasteiger partial charge on any atom is 0.227 e. The van der Waals surface area contributed by atoms with Gasteiger partial charge in [-0.15, -0.1) is 0 Å². The Bertz CT molecular complexity index is 1150. The number of hydrogen-bond acceptors (Lipinski definition) is 6. The molecule has 1 unspecified atom stereocenters. The lowest BCUT2D eigenvalue weighted by Gasteiger charge is -2.18. The molecule has 176 valence electrons. The lowest BCUT2D eigenvalue weighted by molar-refractivity contribution is -0.126. The maximum atomic E-state index is 12.8. The molecule has 2 amide bonds. The molecular formula is C26H27N3O5. The minimum Gasteiger partial charge on any atom is -0.493 e. The molecular weight excluding hydrogens is 434 g/mol. The minimum absolute atomic E-state index is 0.104. The molecule has 1 saturated heterocycles. The second kappa shape index (κ2) is 10.7.